The first-order valence-corrected chi connectivity index (χ1v) is 12.0. The highest BCUT2D eigenvalue weighted by molar-refractivity contribution is 5.98. The van der Waals surface area contributed by atoms with Crippen LogP contribution < -0.4 is 20.7 Å². The van der Waals surface area contributed by atoms with Gasteiger partial charge < -0.3 is 25.4 Å². The summed E-state index contributed by atoms with van der Waals surface area (Å²) in [5.41, 5.74) is 0.782. The third kappa shape index (κ3) is 6.28. The van der Waals surface area contributed by atoms with E-state index in [4.69, 9.17) is 9.47 Å². The lowest BCUT2D eigenvalue weighted by molar-refractivity contribution is -0.133. The summed E-state index contributed by atoms with van der Waals surface area (Å²) in [5, 5.41) is 8.31. The van der Waals surface area contributed by atoms with Gasteiger partial charge in [-0.05, 0) is 36.6 Å². The SMILES string of the molecule is COc1ccc(CC(NC(=O)C2CNC(=O)C2)C(=O)NC(Cc2ccccc2)C(=O)C2(C)CO2)cc1. The van der Waals surface area contributed by atoms with Crippen LogP contribution in [-0.2, 0) is 36.8 Å². The Balaban J connectivity index is 1.53. The molecular formula is C27H31N3O6. The highest BCUT2D eigenvalue weighted by Gasteiger charge is 2.50. The molecule has 4 unspecified atom stereocenters. The second kappa shape index (κ2) is 10.9. The average Bonchev–Trinajstić information content (AvgIpc) is 3.49. The number of ether oxygens (including phenoxy) is 2. The smallest absolute Gasteiger partial charge is 0.243 e. The van der Waals surface area contributed by atoms with Gasteiger partial charge in [0.2, 0.25) is 17.7 Å². The number of methoxy groups -OCH3 is 1. The van der Waals surface area contributed by atoms with Crippen molar-refractivity contribution in [2.24, 2.45) is 5.92 Å². The molecule has 0 spiro atoms. The Bertz CT molecular complexity index is 1110. The molecule has 2 aromatic carbocycles. The van der Waals surface area contributed by atoms with Crippen molar-refractivity contribution in [3.63, 3.8) is 0 Å². The van der Waals surface area contributed by atoms with Crippen LogP contribution >= 0.6 is 0 Å². The molecular weight excluding hydrogens is 462 g/mol. The molecule has 36 heavy (non-hydrogen) atoms. The zero-order chi connectivity index (χ0) is 25.7. The summed E-state index contributed by atoms with van der Waals surface area (Å²) in [7, 11) is 1.57. The zero-order valence-electron chi connectivity index (χ0n) is 20.4. The fraction of sp³-hybridized carbons (Fsp3) is 0.407. The van der Waals surface area contributed by atoms with Crippen LogP contribution in [-0.4, -0.2) is 61.5 Å². The molecule has 0 radical (unpaired) electrons. The van der Waals surface area contributed by atoms with Gasteiger partial charge in [0.25, 0.3) is 0 Å². The lowest BCUT2D eigenvalue weighted by Crippen LogP contribution is -2.55. The summed E-state index contributed by atoms with van der Waals surface area (Å²) < 4.78 is 10.6. The molecule has 2 heterocycles. The molecule has 4 rings (SSSR count). The molecule has 2 fully saturated rings. The third-order valence-corrected chi connectivity index (χ3v) is 6.59. The number of epoxide rings is 1. The molecule has 9 heteroatoms. The van der Waals surface area contributed by atoms with E-state index in [-0.39, 0.29) is 37.0 Å². The molecule has 4 atom stereocenters. The van der Waals surface area contributed by atoms with Crippen molar-refractivity contribution in [1.82, 2.24) is 16.0 Å². The molecule has 0 aliphatic carbocycles. The topological polar surface area (TPSA) is 126 Å². The van der Waals surface area contributed by atoms with E-state index in [1.807, 2.05) is 42.5 Å². The first-order chi connectivity index (χ1) is 17.3. The van der Waals surface area contributed by atoms with Crippen molar-refractivity contribution in [3.8, 4) is 5.75 Å². The molecule has 3 amide bonds. The monoisotopic (exact) mass is 493 g/mol. The largest absolute Gasteiger partial charge is 0.497 e. The van der Waals surface area contributed by atoms with Crippen LogP contribution in [0.1, 0.15) is 24.5 Å². The van der Waals surface area contributed by atoms with Crippen LogP contribution in [0, 0.1) is 5.92 Å². The quantitative estimate of drug-likeness (QED) is 0.400. The number of hydrogen-bond acceptors (Lipinski definition) is 6. The Morgan fingerprint density at radius 2 is 1.67 bits per heavy atom. The minimum absolute atomic E-state index is 0.0769. The number of carbonyl (C=O) groups excluding carboxylic acids is 4. The Hall–Kier alpha value is -3.72. The van der Waals surface area contributed by atoms with E-state index in [1.54, 1.807) is 26.2 Å². The Morgan fingerprint density at radius 3 is 2.25 bits per heavy atom. The number of ketones is 1. The Morgan fingerprint density at radius 1 is 1.03 bits per heavy atom. The second-order valence-electron chi connectivity index (χ2n) is 9.45. The van der Waals surface area contributed by atoms with Gasteiger partial charge in [0, 0.05) is 19.4 Å². The molecule has 0 aromatic heterocycles. The van der Waals surface area contributed by atoms with E-state index in [0.29, 0.717) is 18.8 Å². The Kier molecular flexibility index (Phi) is 7.69. The van der Waals surface area contributed by atoms with Crippen LogP contribution in [0.25, 0.3) is 0 Å². The van der Waals surface area contributed by atoms with E-state index in [2.05, 4.69) is 16.0 Å². The third-order valence-electron chi connectivity index (χ3n) is 6.59. The Labute approximate surface area is 209 Å². The van der Waals surface area contributed by atoms with Crippen molar-refractivity contribution in [2.45, 2.75) is 43.9 Å². The summed E-state index contributed by atoms with van der Waals surface area (Å²) >= 11 is 0. The standard InChI is InChI=1S/C27H31N3O6/c1-27(16-36-27)24(32)21(12-17-6-4-3-5-7-17)29-26(34)22(13-18-8-10-20(35-2)11-9-18)30-25(33)19-14-23(31)28-15-19/h3-11,19,21-22H,12-16H2,1-2H3,(H,28,31)(H,29,34)(H,30,33). The number of hydrogen-bond donors (Lipinski definition) is 3. The maximum absolute atomic E-state index is 13.5. The van der Waals surface area contributed by atoms with Crippen molar-refractivity contribution >= 4 is 23.5 Å². The molecule has 2 aromatic rings. The molecule has 3 N–H and O–H groups in total. The lowest BCUT2D eigenvalue weighted by atomic mass is 9.94. The summed E-state index contributed by atoms with van der Waals surface area (Å²) in [5.74, 6) is -1.15. The number of rotatable bonds is 11. The van der Waals surface area contributed by atoms with Gasteiger partial charge in [-0.1, -0.05) is 42.5 Å². The van der Waals surface area contributed by atoms with Gasteiger partial charge >= 0.3 is 0 Å². The second-order valence-corrected chi connectivity index (χ2v) is 9.45. The van der Waals surface area contributed by atoms with Gasteiger partial charge in [0.15, 0.2) is 5.78 Å². The zero-order valence-corrected chi connectivity index (χ0v) is 20.4. The van der Waals surface area contributed by atoms with Crippen molar-refractivity contribution in [1.29, 1.82) is 0 Å². The predicted molar refractivity (Wildman–Crippen MR) is 131 cm³/mol. The van der Waals surface area contributed by atoms with Gasteiger partial charge in [-0.3, -0.25) is 19.2 Å². The highest BCUT2D eigenvalue weighted by atomic mass is 16.6. The van der Waals surface area contributed by atoms with E-state index < -0.39 is 29.5 Å². The number of benzene rings is 2. The maximum atomic E-state index is 13.5. The van der Waals surface area contributed by atoms with E-state index in [9.17, 15) is 19.2 Å². The first kappa shape index (κ1) is 25.4. The highest BCUT2D eigenvalue weighted by Crippen LogP contribution is 2.29. The van der Waals surface area contributed by atoms with Gasteiger partial charge in [-0.15, -0.1) is 0 Å². The van der Waals surface area contributed by atoms with Gasteiger partial charge in [0.1, 0.15) is 17.4 Å². The van der Waals surface area contributed by atoms with Gasteiger partial charge in [-0.2, -0.15) is 0 Å². The number of Topliss-reactive ketones (excluding diaryl/α,β-unsaturated/α-hetero) is 1. The minimum atomic E-state index is -0.944. The molecule has 2 aliphatic rings. The number of carbonyl (C=O) groups is 4. The maximum Gasteiger partial charge on any atom is 0.243 e. The molecule has 0 bridgehead atoms. The number of nitrogens with one attached hydrogen (secondary N) is 3. The van der Waals surface area contributed by atoms with Crippen LogP contribution in [0.3, 0.4) is 0 Å². The van der Waals surface area contributed by atoms with Crippen molar-refractivity contribution in [2.75, 3.05) is 20.3 Å². The summed E-state index contributed by atoms with van der Waals surface area (Å²) in [6, 6.07) is 14.8. The van der Waals surface area contributed by atoms with Crippen molar-refractivity contribution < 1.29 is 28.7 Å². The summed E-state index contributed by atoms with van der Waals surface area (Å²) in [6.45, 7) is 2.24. The van der Waals surface area contributed by atoms with Gasteiger partial charge in [-0.25, -0.2) is 0 Å². The predicted octanol–water partition coefficient (Wildman–Crippen LogP) is 0.944. The van der Waals surface area contributed by atoms with Gasteiger partial charge in [0.05, 0.1) is 25.7 Å². The fourth-order valence-corrected chi connectivity index (χ4v) is 4.24. The average molecular weight is 494 g/mol. The van der Waals surface area contributed by atoms with Crippen molar-refractivity contribution in [3.05, 3.63) is 65.7 Å². The van der Waals surface area contributed by atoms with Crippen LogP contribution in [0.15, 0.2) is 54.6 Å². The first-order valence-electron chi connectivity index (χ1n) is 12.0. The van der Waals surface area contributed by atoms with E-state index in [0.717, 1.165) is 11.1 Å². The normalized spacial score (nSPS) is 22.2. The van der Waals surface area contributed by atoms with Crippen LogP contribution in [0.2, 0.25) is 0 Å². The molecule has 2 aliphatic heterocycles. The van der Waals surface area contributed by atoms with Crippen LogP contribution in [0.5, 0.6) is 5.75 Å². The summed E-state index contributed by atoms with van der Waals surface area (Å²) in [4.78, 5) is 51.2. The molecule has 9 nitrogen and oxygen atoms in total. The van der Waals surface area contributed by atoms with E-state index >= 15 is 0 Å². The number of amides is 3. The summed E-state index contributed by atoms with van der Waals surface area (Å²) in [6.07, 6.45) is 0.581. The van der Waals surface area contributed by atoms with Crippen LogP contribution in [0.4, 0.5) is 0 Å². The lowest BCUT2D eigenvalue weighted by Gasteiger charge is -2.25. The molecule has 0 saturated carbocycles. The minimum Gasteiger partial charge on any atom is -0.497 e. The fourth-order valence-electron chi connectivity index (χ4n) is 4.24. The van der Waals surface area contributed by atoms with E-state index in [1.165, 1.54) is 0 Å². The molecule has 190 valence electrons. The molecule has 2 saturated heterocycles.